The Morgan fingerprint density at radius 1 is 1.29 bits per heavy atom. The molecule has 0 amide bonds. The number of hydrogen-bond donors (Lipinski definition) is 0. The molecule has 0 N–H and O–H groups in total. The van der Waals surface area contributed by atoms with Gasteiger partial charge in [-0.25, -0.2) is 9.07 Å². The summed E-state index contributed by atoms with van der Waals surface area (Å²) in [6, 6.07) is 3.26. The fourth-order valence-corrected chi connectivity index (χ4v) is 1.75. The number of hydrogen-bond acceptors (Lipinski definition) is 2. The van der Waals surface area contributed by atoms with Crippen LogP contribution in [0.25, 0.3) is 10.8 Å². The summed E-state index contributed by atoms with van der Waals surface area (Å²) in [5.41, 5.74) is 0.300. The standard InChI is InChI=1S/C13H15FN2O/c1-13(2,3)9-5-8-7-15-16(4)12(17)11(8)10(14)6-9/h5-7H,1-4H3. The fraction of sp³-hybridized carbons (Fsp3) is 0.385. The maximum Gasteiger partial charge on any atom is 0.277 e. The molecular formula is C13H15FN2O. The smallest absolute Gasteiger partial charge is 0.267 e. The van der Waals surface area contributed by atoms with Crippen LogP contribution >= 0.6 is 0 Å². The van der Waals surface area contributed by atoms with Gasteiger partial charge in [-0.15, -0.1) is 0 Å². The summed E-state index contributed by atoms with van der Waals surface area (Å²) in [5, 5.41) is 4.57. The largest absolute Gasteiger partial charge is 0.277 e. The van der Waals surface area contributed by atoms with E-state index in [1.807, 2.05) is 26.8 Å². The minimum absolute atomic E-state index is 0.107. The highest BCUT2D eigenvalue weighted by Gasteiger charge is 2.17. The van der Waals surface area contributed by atoms with Gasteiger partial charge in [-0.1, -0.05) is 20.8 Å². The van der Waals surface area contributed by atoms with E-state index < -0.39 is 11.4 Å². The van der Waals surface area contributed by atoms with E-state index in [0.717, 1.165) is 10.2 Å². The zero-order valence-corrected chi connectivity index (χ0v) is 10.4. The highest BCUT2D eigenvalue weighted by Crippen LogP contribution is 2.26. The van der Waals surface area contributed by atoms with Crippen molar-refractivity contribution in [3.8, 4) is 0 Å². The molecule has 1 heterocycles. The van der Waals surface area contributed by atoms with Gasteiger partial charge in [0.1, 0.15) is 5.82 Å². The number of aromatic nitrogens is 2. The van der Waals surface area contributed by atoms with Gasteiger partial charge in [-0.2, -0.15) is 5.10 Å². The highest BCUT2D eigenvalue weighted by atomic mass is 19.1. The van der Waals surface area contributed by atoms with Crippen LogP contribution in [0.1, 0.15) is 26.3 Å². The van der Waals surface area contributed by atoms with Gasteiger partial charge in [0.15, 0.2) is 0 Å². The van der Waals surface area contributed by atoms with Gasteiger partial charge in [0.05, 0.1) is 11.6 Å². The lowest BCUT2D eigenvalue weighted by atomic mass is 9.86. The van der Waals surface area contributed by atoms with Gasteiger partial charge in [-0.3, -0.25) is 4.79 Å². The van der Waals surface area contributed by atoms with E-state index in [0.29, 0.717) is 5.39 Å². The van der Waals surface area contributed by atoms with Crippen LogP contribution in [0.2, 0.25) is 0 Å². The second-order valence-corrected chi connectivity index (χ2v) is 5.25. The first kappa shape index (κ1) is 11.8. The zero-order chi connectivity index (χ0) is 12.8. The molecule has 17 heavy (non-hydrogen) atoms. The topological polar surface area (TPSA) is 34.9 Å². The van der Waals surface area contributed by atoms with Crippen molar-refractivity contribution in [3.05, 3.63) is 40.1 Å². The lowest BCUT2D eigenvalue weighted by Crippen LogP contribution is -2.21. The molecular weight excluding hydrogens is 219 g/mol. The van der Waals surface area contributed by atoms with Crippen LogP contribution in [0.15, 0.2) is 23.1 Å². The Hall–Kier alpha value is -1.71. The van der Waals surface area contributed by atoms with Gasteiger partial charge in [0.2, 0.25) is 0 Å². The van der Waals surface area contributed by atoms with E-state index in [9.17, 15) is 9.18 Å². The van der Waals surface area contributed by atoms with Crippen LogP contribution in [-0.2, 0) is 12.5 Å². The quantitative estimate of drug-likeness (QED) is 0.701. The van der Waals surface area contributed by atoms with E-state index in [2.05, 4.69) is 5.10 Å². The molecule has 0 unspecified atom stereocenters. The van der Waals surface area contributed by atoms with Crippen LogP contribution in [0.4, 0.5) is 4.39 Å². The van der Waals surface area contributed by atoms with Gasteiger partial charge >= 0.3 is 0 Å². The molecule has 0 radical (unpaired) electrons. The minimum Gasteiger partial charge on any atom is -0.267 e. The molecule has 3 nitrogen and oxygen atoms in total. The summed E-state index contributed by atoms with van der Waals surface area (Å²) < 4.78 is 15.1. The Bertz CT molecular complexity index is 638. The first-order valence-electron chi connectivity index (χ1n) is 5.47. The summed E-state index contributed by atoms with van der Waals surface area (Å²) in [7, 11) is 1.51. The van der Waals surface area contributed by atoms with Gasteiger partial charge < -0.3 is 0 Å². The summed E-state index contributed by atoms with van der Waals surface area (Å²) in [6.07, 6.45) is 1.52. The molecule has 1 aromatic carbocycles. The minimum atomic E-state index is -0.476. The number of fused-ring (bicyclic) bond motifs is 1. The van der Waals surface area contributed by atoms with Crippen LogP contribution in [-0.4, -0.2) is 9.78 Å². The number of benzene rings is 1. The average molecular weight is 234 g/mol. The molecule has 0 aliphatic carbocycles. The van der Waals surface area contributed by atoms with Gasteiger partial charge in [0, 0.05) is 12.4 Å². The van der Waals surface area contributed by atoms with Crippen molar-refractivity contribution in [3.63, 3.8) is 0 Å². The third-order valence-corrected chi connectivity index (χ3v) is 2.86. The predicted molar refractivity (Wildman–Crippen MR) is 65.6 cm³/mol. The Kier molecular flexibility index (Phi) is 2.53. The molecule has 90 valence electrons. The van der Waals surface area contributed by atoms with Crippen LogP contribution < -0.4 is 5.56 Å². The second-order valence-electron chi connectivity index (χ2n) is 5.25. The van der Waals surface area contributed by atoms with Gasteiger partial charge in [0.25, 0.3) is 5.56 Å². The first-order chi connectivity index (χ1) is 7.80. The normalized spacial score (nSPS) is 12.1. The molecule has 0 spiro atoms. The fourth-order valence-electron chi connectivity index (χ4n) is 1.75. The molecule has 0 bridgehead atoms. The molecule has 4 heteroatoms. The third-order valence-electron chi connectivity index (χ3n) is 2.86. The molecule has 2 aromatic rings. The Morgan fingerprint density at radius 3 is 2.53 bits per heavy atom. The van der Waals surface area contributed by atoms with Crippen molar-refractivity contribution >= 4 is 10.8 Å². The average Bonchev–Trinajstić information content (AvgIpc) is 2.21. The number of nitrogens with zero attached hydrogens (tertiary/aromatic N) is 2. The van der Waals surface area contributed by atoms with E-state index in [-0.39, 0.29) is 10.8 Å². The lowest BCUT2D eigenvalue weighted by Gasteiger charge is -2.19. The van der Waals surface area contributed by atoms with Crippen molar-refractivity contribution in [2.45, 2.75) is 26.2 Å². The van der Waals surface area contributed by atoms with Crippen LogP contribution in [0.5, 0.6) is 0 Å². The van der Waals surface area contributed by atoms with Crippen molar-refractivity contribution in [1.29, 1.82) is 0 Å². The zero-order valence-electron chi connectivity index (χ0n) is 10.4. The number of halogens is 1. The van der Waals surface area contributed by atoms with E-state index >= 15 is 0 Å². The van der Waals surface area contributed by atoms with Crippen molar-refractivity contribution < 1.29 is 4.39 Å². The van der Waals surface area contributed by atoms with Crippen molar-refractivity contribution in [2.75, 3.05) is 0 Å². The summed E-state index contributed by atoms with van der Waals surface area (Å²) in [5.74, 6) is -0.476. The SMILES string of the molecule is Cn1ncc2cc(C(C)(C)C)cc(F)c2c1=O. The summed E-state index contributed by atoms with van der Waals surface area (Å²) in [4.78, 5) is 11.8. The Labute approximate surface area is 98.9 Å². The molecule has 0 atom stereocenters. The number of aryl methyl sites for hydroxylation is 1. The van der Waals surface area contributed by atoms with Gasteiger partial charge in [-0.05, 0) is 23.1 Å². The molecule has 0 aliphatic heterocycles. The molecule has 0 fully saturated rings. The lowest BCUT2D eigenvalue weighted by molar-refractivity contribution is 0.575. The maximum atomic E-state index is 14.0. The van der Waals surface area contributed by atoms with E-state index in [1.165, 1.54) is 19.3 Å². The second kappa shape index (κ2) is 3.65. The molecule has 0 saturated carbocycles. The van der Waals surface area contributed by atoms with E-state index in [1.54, 1.807) is 0 Å². The monoisotopic (exact) mass is 234 g/mol. The molecule has 0 aliphatic rings. The van der Waals surface area contributed by atoms with E-state index in [4.69, 9.17) is 0 Å². The summed E-state index contributed by atoms with van der Waals surface area (Å²) >= 11 is 0. The molecule has 1 aromatic heterocycles. The van der Waals surface area contributed by atoms with Crippen molar-refractivity contribution in [1.82, 2.24) is 9.78 Å². The van der Waals surface area contributed by atoms with Crippen molar-refractivity contribution in [2.24, 2.45) is 7.05 Å². The Balaban J connectivity index is 2.87. The summed E-state index contributed by atoms with van der Waals surface area (Å²) in [6.45, 7) is 6.01. The highest BCUT2D eigenvalue weighted by molar-refractivity contribution is 5.82. The molecule has 0 saturated heterocycles. The molecule has 2 rings (SSSR count). The third kappa shape index (κ3) is 1.95. The predicted octanol–water partition coefficient (Wildman–Crippen LogP) is 2.37. The number of rotatable bonds is 0. The Morgan fingerprint density at radius 2 is 1.94 bits per heavy atom. The maximum absolute atomic E-state index is 14.0. The van der Waals surface area contributed by atoms with Crippen LogP contribution in [0.3, 0.4) is 0 Å². The van der Waals surface area contributed by atoms with Crippen LogP contribution in [0, 0.1) is 5.82 Å². The first-order valence-corrected chi connectivity index (χ1v) is 5.47.